The predicted molar refractivity (Wildman–Crippen MR) is 77.8 cm³/mol. The van der Waals surface area contributed by atoms with Crippen molar-refractivity contribution in [3.8, 4) is 6.07 Å². The smallest absolute Gasteiger partial charge is 0.254 e. The first-order valence-corrected chi connectivity index (χ1v) is 7.25. The molecule has 1 aromatic rings. The molecule has 2 atom stereocenters. The fraction of sp³-hybridized carbons (Fsp3) is 0.500. The highest BCUT2D eigenvalue weighted by atomic mass is 16.5. The number of hydrogen-bond donors (Lipinski definition) is 0. The van der Waals surface area contributed by atoms with Crippen LogP contribution in [0.1, 0.15) is 15.9 Å². The largest absolute Gasteiger partial charge is 0.379 e. The minimum absolute atomic E-state index is 0.00269. The van der Waals surface area contributed by atoms with E-state index in [0.717, 1.165) is 19.6 Å². The number of nitriles is 1. The SMILES string of the molecule is CN1C[C@@H]2COC[C@H](C1)N(C(=O)c1cccc(C#N)c1)C2. The van der Waals surface area contributed by atoms with Crippen LogP contribution >= 0.6 is 0 Å². The third kappa shape index (κ3) is 2.92. The molecule has 21 heavy (non-hydrogen) atoms. The van der Waals surface area contributed by atoms with Gasteiger partial charge >= 0.3 is 0 Å². The van der Waals surface area contributed by atoms with Gasteiger partial charge < -0.3 is 14.5 Å². The number of hydrogen-bond acceptors (Lipinski definition) is 4. The number of nitrogens with zero attached hydrogens (tertiary/aromatic N) is 3. The van der Waals surface area contributed by atoms with Crippen molar-refractivity contribution in [3.05, 3.63) is 35.4 Å². The molecule has 2 heterocycles. The van der Waals surface area contributed by atoms with Crippen molar-refractivity contribution in [1.82, 2.24) is 9.80 Å². The molecule has 0 spiro atoms. The van der Waals surface area contributed by atoms with Crippen molar-refractivity contribution in [2.45, 2.75) is 6.04 Å². The van der Waals surface area contributed by atoms with E-state index in [2.05, 4.69) is 18.0 Å². The molecule has 2 saturated heterocycles. The van der Waals surface area contributed by atoms with E-state index < -0.39 is 0 Å². The number of rotatable bonds is 1. The molecule has 5 heteroatoms. The topological polar surface area (TPSA) is 56.6 Å². The summed E-state index contributed by atoms with van der Waals surface area (Å²) in [6.07, 6.45) is 0. The van der Waals surface area contributed by atoms with Gasteiger partial charge in [0.15, 0.2) is 0 Å². The van der Waals surface area contributed by atoms with Crippen LogP contribution in [-0.4, -0.2) is 61.6 Å². The number of ether oxygens (including phenoxy) is 1. The van der Waals surface area contributed by atoms with Crippen LogP contribution in [0.25, 0.3) is 0 Å². The average Bonchev–Trinajstić information content (AvgIpc) is 2.76. The fourth-order valence-corrected chi connectivity index (χ4v) is 3.21. The summed E-state index contributed by atoms with van der Waals surface area (Å²) >= 11 is 0. The molecule has 2 bridgehead atoms. The van der Waals surface area contributed by atoms with Crippen LogP contribution in [0.4, 0.5) is 0 Å². The van der Waals surface area contributed by atoms with Crippen LogP contribution in [0.15, 0.2) is 24.3 Å². The Bertz CT molecular complexity index is 581. The summed E-state index contributed by atoms with van der Waals surface area (Å²) in [4.78, 5) is 17.0. The van der Waals surface area contributed by atoms with Crippen LogP contribution in [0.5, 0.6) is 0 Å². The van der Waals surface area contributed by atoms with Gasteiger partial charge in [0.1, 0.15) is 0 Å². The van der Waals surface area contributed by atoms with Crippen LogP contribution in [0.3, 0.4) is 0 Å². The highest BCUT2D eigenvalue weighted by Gasteiger charge is 2.35. The molecule has 0 saturated carbocycles. The second kappa shape index (κ2) is 5.84. The number of fused-ring (bicyclic) bond motifs is 3. The minimum Gasteiger partial charge on any atom is -0.379 e. The lowest BCUT2D eigenvalue weighted by atomic mass is 10.1. The first kappa shape index (κ1) is 14.1. The van der Waals surface area contributed by atoms with Crippen molar-refractivity contribution in [2.75, 3.05) is 39.9 Å². The second-order valence-corrected chi connectivity index (χ2v) is 5.93. The van der Waals surface area contributed by atoms with Gasteiger partial charge in [-0.05, 0) is 25.2 Å². The third-order valence-electron chi connectivity index (χ3n) is 4.15. The maximum Gasteiger partial charge on any atom is 0.254 e. The van der Waals surface area contributed by atoms with Crippen molar-refractivity contribution < 1.29 is 9.53 Å². The maximum atomic E-state index is 12.8. The molecule has 2 fully saturated rings. The summed E-state index contributed by atoms with van der Waals surface area (Å²) in [5.74, 6) is 0.355. The van der Waals surface area contributed by atoms with Crippen molar-refractivity contribution in [1.29, 1.82) is 5.26 Å². The summed E-state index contributed by atoms with van der Waals surface area (Å²) in [7, 11) is 2.09. The van der Waals surface area contributed by atoms with E-state index >= 15 is 0 Å². The second-order valence-electron chi connectivity index (χ2n) is 5.93. The monoisotopic (exact) mass is 285 g/mol. The van der Waals surface area contributed by atoms with Gasteiger partial charge in [-0.25, -0.2) is 0 Å². The third-order valence-corrected chi connectivity index (χ3v) is 4.15. The van der Waals surface area contributed by atoms with Gasteiger partial charge in [-0.2, -0.15) is 5.26 Å². The van der Waals surface area contributed by atoms with E-state index in [4.69, 9.17) is 10.00 Å². The number of amides is 1. The molecular weight excluding hydrogens is 266 g/mol. The molecule has 2 aliphatic heterocycles. The van der Waals surface area contributed by atoms with Crippen LogP contribution < -0.4 is 0 Å². The summed E-state index contributed by atoms with van der Waals surface area (Å²) in [5, 5.41) is 8.98. The summed E-state index contributed by atoms with van der Waals surface area (Å²) in [5.41, 5.74) is 1.11. The Morgan fingerprint density at radius 3 is 3.00 bits per heavy atom. The predicted octanol–water partition coefficient (Wildman–Crippen LogP) is 0.961. The molecular formula is C16H19N3O2. The molecule has 0 N–H and O–H groups in total. The van der Waals surface area contributed by atoms with Gasteiger partial charge in [0.25, 0.3) is 5.91 Å². The number of carbonyl (C=O) groups excluding carboxylic acids is 1. The van der Waals surface area contributed by atoms with E-state index in [1.54, 1.807) is 24.3 Å². The Kier molecular flexibility index (Phi) is 3.91. The van der Waals surface area contributed by atoms with Gasteiger partial charge in [0.05, 0.1) is 30.9 Å². The van der Waals surface area contributed by atoms with E-state index in [1.165, 1.54) is 0 Å². The zero-order chi connectivity index (χ0) is 14.8. The standard InChI is InChI=1S/C16H19N3O2/c1-18-7-13-8-19(15(9-18)11-21-10-13)16(20)14-4-2-3-12(5-14)6-17/h2-5,13,15H,7-11H2,1H3/t13-,15-/m0/s1. The van der Waals surface area contributed by atoms with Crippen molar-refractivity contribution in [2.24, 2.45) is 5.92 Å². The lowest BCUT2D eigenvalue weighted by Crippen LogP contribution is -2.45. The molecule has 2 aliphatic rings. The van der Waals surface area contributed by atoms with Gasteiger partial charge in [0, 0.05) is 31.1 Å². The van der Waals surface area contributed by atoms with Crippen LogP contribution in [0, 0.1) is 17.2 Å². The summed E-state index contributed by atoms with van der Waals surface area (Å²) in [6.45, 7) is 3.82. The zero-order valence-electron chi connectivity index (χ0n) is 12.2. The van der Waals surface area contributed by atoms with E-state index in [0.29, 0.717) is 30.3 Å². The van der Waals surface area contributed by atoms with Gasteiger partial charge in [-0.3, -0.25) is 4.79 Å². The molecule has 0 unspecified atom stereocenters. The number of likely N-dealkylation sites (N-methyl/N-ethyl adjacent to an activating group) is 1. The Hall–Kier alpha value is -1.90. The quantitative estimate of drug-likeness (QED) is 0.771. The Morgan fingerprint density at radius 2 is 2.19 bits per heavy atom. The van der Waals surface area contributed by atoms with E-state index in [1.807, 2.05) is 4.90 Å². The average molecular weight is 285 g/mol. The molecule has 1 aromatic carbocycles. The van der Waals surface area contributed by atoms with Crippen molar-refractivity contribution in [3.63, 3.8) is 0 Å². The normalized spacial score (nSPS) is 26.0. The Labute approximate surface area is 124 Å². The molecule has 0 aromatic heterocycles. The first-order chi connectivity index (χ1) is 10.2. The van der Waals surface area contributed by atoms with Gasteiger partial charge in [-0.1, -0.05) is 6.07 Å². The molecule has 110 valence electrons. The number of benzene rings is 1. The highest BCUT2D eigenvalue weighted by Crippen LogP contribution is 2.21. The van der Waals surface area contributed by atoms with Gasteiger partial charge in [0.2, 0.25) is 0 Å². The molecule has 3 rings (SSSR count). The maximum absolute atomic E-state index is 12.8. The lowest BCUT2D eigenvalue weighted by Gasteiger charge is -2.29. The number of carbonyl (C=O) groups is 1. The van der Waals surface area contributed by atoms with E-state index in [-0.39, 0.29) is 11.9 Å². The Balaban J connectivity index is 1.87. The van der Waals surface area contributed by atoms with Gasteiger partial charge in [-0.15, -0.1) is 0 Å². The molecule has 0 radical (unpaired) electrons. The zero-order valence-corrected chi connectivity index (χ0v) is 12.2. The molecule has 0 aliphatic carbocycles. The Morgan fingerprint density at radius 1 is 1.33 bits per heavy atom. The summed E-state index contributed by atoms with van der Waals surface area (Å²) < 4.78 is 5.70. The first-order valence-electron chi connectivity index (χ1n) is 7.25. The molecule has 1 amide bonds. The summed E-state index contributed by atoms with van der Waals surface area (Å²) in [6, 6.07) is 9.10. The minimum atomic E-state index is 0.00269. The molecule has 5 nitrogen and oxygen atoms in total. The fourth-order valence-electron chi connectivity index (χ4n) is 3.21. The van der Waals surface area contributed by atoms with Crippen LogP contribution in [0.2, 0.25) is 0 Å². The van der Waals surface area contributed by atoms with Crippen LogP contribution in [-0.2, 0) is 4.74 Å². The lowest BCUT2D eigenvalue weighted by molar-refractivity contribution is 0.0483. The van der Waals surface area contributed by atoms with E-state index in [9.17, 15) is 4.79 Å². The van der Waals surface area contributed by atoms with Crippen molar-refractivity contribution >= 4 is 5.91 Å². The highest BCUT2D eigenvalue weighted by molar-refractivity contribution is 5.94.